The molecule has 0 saturated heterocycles. The summed E-state index contributed by atoms with van der Waals surface area (Å²) in [6, 6.07) is 11.4. The van der Waals surface area contributed by atoms with Crippen molar-refractivity contribution < 1.29 is 4.74 Å². The summed E-state index contributed by atoms with van der Waals surface area (Å²) in [6.07, 6.45) is 1.57. The van der Waals surface area contributed by atoms with E-state index in [1.807, 2.05) is 0 Å². The minimum absolute atomic E-state index is 0.0333. The minimum Gasteiger partial charge on any atom is -0.361 e. The Hall–Kier alpha value is -2.72. The fraction of sp³-hybridized carbons (Fsp3) is 0.273. The normalized spacial score (nSPS) is 11.9. The predicted octanol–water partition coefficient (Wildman–Crippen LogP) is 4.56. The van der Waals surface area contributed by atoms with E-state index in [2.05, 4.69) is 34.6 Å². The van der Waals surface area contributed by atoms with E-state index in [0.29, 0.717) is 28.7 Å². The lowest BCUT2D eigenvalue weighted by Crippen LogP contribution is -2.32. The number of imidazole rings is 1. The number of hydrogen-bond donors (Lipinski definition) is 1. The number of halogens is 2. The first-order chi connectivity index (χ1) is 15.7. The molecule has 1 N–H and O–H groups in total. The zero-order valence-electron chi connectivity index (χ0n) is 18.4. The number of benzene rings is 1. The Balaban J connectivity index is 1.93. The number of ether oxygens (including phenoxy) is 1. The van der Waals surface area contributed by atoms with Crippen LogP contribution >= 0.6 is 23.2 Å². The fourth-order valence-electron chi connectivity index (χ4n) is 3.35. The van der Waals surface area contributed by atoms with Crippen molar-refractivity contribution in [1.29, 1.82) is 0 Å². The summed E-state index contributed by atoms with van der Waals surface area (Å²) in [4.78, 5) is 36.8. The number of rotatable bonds is 7. The van der Waals surface area contributed by atoms with E-state index in [-0.39, 0.29) is 23.0 Å². The Morgan fingerprint density at radius 2 is 1.82 bits per heavy atom. The van der Waals surface area contributed by atoms with Gasteiger partial charge in [-0.1, -0.05) is 42.8 Å². The molecule has 0 aliphatic carbocycles. The van der Waals surface area contributed by atoms with Crippen LogP contribution in [0, 0.1) is 0 Å². The number of aromatic nitrogens is 5. The van der Waals surface area contributed by atoms with Gasteiger partial charge < -0.3 is 4.74 Å². The number of nitrogens with one attached hydrogen (secondary N) is 1. The van der Waals surface area contributed by atoms with Crippen molar-refractivity contribution in [2.75, 3.05) is 6.61 Å². The van der Waals surface area contributed by atoms with Crippen molar-refractivity contribution in [1.82, 2.24) is 24.1 Å². The average molecular weight is 504 g/mol. The molecule has 33 heavy (non-hydrogen) atoms. The van der Waals surface area contributed by atoms with Crippen LogP contribution in [0.15, 0.2) is 52.2 Å². The summed E-state index contributed by atoms with van der Waals surface area (Å²) in [6.45, 7) is 7.23. The summed E-state index contributed by atoms with van der Waals surface area (Å²) < 4.78 is 8.76. The van der Waals surface area contributed by atoms with Crippen molar-refractivity contribution in [2.24, 2.45) is 0 Å². The molecule has 0 fully saturated rings. The fourth-order valence-corrected chi connectivity index (χ4v) is 4.44. The second-order valence-corrected chi connectivity index (χ2v) is 15.2. The molecule has 3 aromatic heterocycles. The van der Waals surface area contributed by atoms with Crippen molar-refractivity contribution in [3.05, 3.63) is 73.6 Å². The van der Waals surface area contributed by atoms with Crippen LogP contribution in [0.4, 0.5) is 0 Å². The van der Waals surface area contributed by atoms with Gasteiger partial charge in [0.2, 0.25) is 0 Å². The second-order valence-electron chi connectivity index (χ2n) is 8.80. The van der Waals surface area contributed by atoms with Crippen molar-refractivity contribution in [2.45, 2.75) is 32.4 Å². The topological polar surface area (TPSA) is 94.8 Å². The van der Waals surface area contributed by atoms with Gasteiger partial charge in [0.15, 0.2) is 17.0 Å². The zero-order chi connectivity index (χ0) is 23.8. The lowest BCUT2D eigenvalue weighted by atomic mass is 10.2. The van der Waals surface area contributed by atoms with E-state index in [1.54, 1.807) is 47.2 Å². The van der Waals surface area contributed by atoms with Gasteiger partial charge in [-0.2, -0.15) is 0 Å². The molecule has 0 saturated carbocycles. The molecule has 0 radical (unpaired) electrons. The number of aromatic amines is 1. The highest BCUT2D eigenvalue weighted by Gasteiger charge is 2.22. The monoisotopic (exact) mass is 503 g/mol. The highest BCUT2D eigenvalue weighted by atomic mass is 35.5. The van der Waals surface area contributed by atoms with Gasteiger partial charge in [0.1, 0.15) is 11.9 Å². The Morgan fingerprint density at radius 1 is 1.09 bits per heavy atom. The molecule has 0 unspecified atom stereocenters. The SMILES string of the molecule is C[Si](C)(C)CCOCn1c(=O)[nH]c(=O)c2c1nc(-c1cccnc1Cl)n2-c1ccc(Cl)cc1. The summed E-state index contributed by atoms with van der Waals surface area (Å²) in [5.41, 5.74) is 0.380. The maximum atomic E-state index is 13.0. The second kappa shape index (κ2) is 9.26. The van der Waals surface area contributed by atoms with Gasteiger partial charge in [-0.05, 0) is 42.4 Å². The third-order valence-corrected chi connectivity index (χ3v) is 7.35. The van der Waals surface area contributed by atoms with Crippen LogP contribution in [-0.4, -0.2) is 38.8 Å². The summed E-state index contributed by atoms with van der Waals surface area (Å²) in [5.74, 6) is 0.373. The molecule has 4 aromatic rings. The number of nitrogens with zero attached hydrogens (tertiary/aromatic N) is 4. The van der Waals surface area contributed by atoms with Gasteiger partial charge >= 0.3 is 5.69 Å². The quantitative estimate of drug-likeness (QED) is 0.226. The van der Waals surface area contributed by atoms with Gasteiger partial charge in [0.05, 0.1) is 5.56 Å². The third kappa shape index (κ3) is 4.96. The largest absolute Gasteiger partial charge is 0.361 e. The predicted molar refractivity (Wildman–Crippen MR) is 133 cm³/mol. The van der Waals surface area contributed by atoms with Gasteiger partial charge in [-0.25, -0.2) is 14.8 Å². The third-order valence-electron chi connectivity index (χ3n) is 5.10. The van der Waals surface area contributed by atoms with Crippen LogP contribution in [0.2, 0.25) is 35.9 Å². The first-order valence-electron chi connectivity index (χ1n) is 10.4. The maximum Gasteiger partial charge on any atom is 0.332 e. The molecule has 1 aromatic carbocycles. The number of pyridine rings is 1. The Labute approximate surface area is 200 Å². The molecule has 0 aliphatic rings. The van der Waals surface area contributed by atoms with Gasteiger partial charge in [-0.15, -0.1) is 0 Å². The van der Waals surface area contributed by atoms with Crippen molar-refractivity contribution in [3.63, 3.8) is 0 Å². The van der Waals surface area contributed by atoms with Gasteiger partial charge in [0.25, 0.3) is 5.56 Å². The molecule has 0 bridgehead atoms. The molecule has 172 valence electrons. The molecular formula is C22H23Cl2N5O3Si. The molecule has 8 nitrogen and oxygen atoms in total. The van der Waals surface area contributed by atoms with E-state index < -0.39 is 19.3 Å². The first-order valence-corrected chi connectivity index (χ1v) is 14.8. The summed E-state index contributed by atoms with van der Waals surface area (Å²) >= 11 is 12.4. The molecule has 0 amide bonds. The Morgan fingerprint density at radius 3 is 2.48 bits per heavy atom. The van der Waals surface area contributed by atoms with E-state index in [1.165, 1.54) is 4.57 Å². The number of fused-ring (bicyclic) bond motifs is 1. The molecule has 4 rings (SSSR count). The average Bonchev–Trinajstić information content (AvgIpc) is 3.14. The first kappa shape index (κ1) is 23.4. The molecule has 3 heterocycles. The molecule has 0 atom stereocenters. The van der Waals surface area contributed by atoms with Crippen LogP contribution in [0.5, 0.6) is 0 Å². The smallest absolute Gasteiger partial charge is 0.332 e. The lowest BCUT2D eigenvalue weighted by molar-refractivity contribution is 0.0865. The zero-order valence-corrected chi connectivity index (χ0v) is 20.9. The van der Waals surface area contributed by atoms with Gasteiger partial charge in [0, 0.05) is 31.6 Å². The van der Waals surface area contributed by atoms with E-state index >= 15 is 0 Å². The van der Waals surface area contributed by atoms with Crippen molar-refractivity contribution in [3.8, 4) is 17.1 Å². The van der Waals surface area contributed by atoms with E-state index in [0.717, 1.165) is 6.04 Å². The van der Waals surface area contributed by atoms with Crippen LogP contribution in [0.3, 0.4) is 0 Å². The van der Waals surface area contributed by atoms with Crippen LogP contribution < -0.4 is 11.2 Å². The van der Waals surface area contributed by atoms with Crippen LogP contribution in [-0.2, 0) is 11.5 Å². The highest BCUT2D eigenvalue weighted by molar-refractivity contribution is 6.76. The lowest BCUT2D eigenvalue weighted by Gasteiger charge is -2.15. The number of hydrogen-bond acceptors (Lipinski definition) is 5. The Kier molecular flexibility index (Phi) is 6.58. The minimum atomic E-state index is -1.30. The standard InChI is InChI=1S/C22H23Cl2N5O3Si/c1-33(2,3)12-11-32-13-28-20-17(21(30)27-22(28)31)29(15-8-6-14(23)7-9-15)19(26-20)16-5-4-10-25-18(16)24/h4-10H,11-13H2,1-3H3,(H,27,30,31). The van der Waals surface area contributed by atoms with Crippen molar-refractivity contribution >= 4 is 42.4 Å². The van der Waals surface area contributed by atoms with E-state index in [9.17, 15) is 9.59 Å². The van der Waals surface area contributed by atoms with Crippen LogP contribution in [0.25, 0.3) is 28.2 Å². The molecular weight excluding hydrogens is 481 g/mol. The Bertz CT molecular complexity index is 1420. The molecule has 0 aliphatic heterocycles. The maximum absolute atomic E-state index is 13.0. The molecule has 11 heteroatoms. The summed E-state index contributed by atoms with van der Waals surface area (Å²) in [5, 5.41) is 0.769. The summed E-state index contributed by atoms with van der Waals surface area (Å²) in [7, 11) is -1.30. The van der Waals surface area contributed by atoms with Gasteiger partial charge in [-0.3, -0.25) is 18.9 Å². The molecule has 0 spiro atoms. The van der Waals surface area contributed by atoms with E-state index in [4.69, 9.17) is 27.9 Å². The highest BCUT2D eigenvalue weighted by Crippen LogP contribution is 2.30. The van der Waals surface area contributed by atoms with Crippen LogP contribution in [0.1, 0.15) is 0 Å². The number of H-pyrrole nitrogens is 1.